The molecule has 5 N–H and O–H groups in total. The zero-order valence-electron chi connectivity index (χ0n) is 9.08. The Bertz CT molecular complexity index is 646. The van der Waals surface area contributed by atoms with Crippen molar-refractivity contribution in [1.82, 2.24) is 30.3 Å². The van der Waals surface area contributed by atoms with Crippen molar-refractivity contribution in [2.75, 3.05) is 10.7 Å². The Balaban J connectivity index is 1.92. The molecule has 0 bridgehead atoms. The first-order chi connectivity index (χ1) is 8.86. The molecule has 18 heavy (non-hydrogen) atoms. The quantitative estimate of drug-likeness (QED) is 0.358. The highest BCUT2D eigenvalue weighted by Crippen LogP contribution is 2.19. The summed E-state index contributed by atoms with van der Waals surface area (Å²) in [7, 11) is 0. The molecule has 0 radical (unpaired) electrons. The summed E-state index contributed by atoms with van der Waals surface area (Å²) in [5.74, 6) is 6.67. The number of aromatic nitrogens is 6. The largest absolute Gasteiger partial charge is 0.362 e. The summed E-state index contributed by atoms with van der Waals surface area (Å²) in [4.78, 5) is 12.2. The van der Waals surface area contributed by atoms with E-state index in [-0.39, 0.29) is 5.95 Å². The second kappa shape index (κ2) is 4.25. The molecule has 0 aliphatic carbocycles. The lowest BCUT2D eigenvalue weighted by molar-refractivity contribution is 0.411. The predicted molar refractivity (Wildman–Crippen MR) is 61.1 cm³/mol. The maximum Gasteiger partial charge on any atom is 0.241 e. The average molecular weight is 247 g/mol. The lowest BCUT2D eigenvalue weighted by Crippen LogP contribution is -2.12. The minimum absolute atomic E-state index is 0.280. The molecule has 3 rings (SSSR count). The number of nitrogens with one attached hydrogen (secondary N) is 3. The monoisotopic (exact) mass is 247 g/mol. The van der Waals surface area contributed by atoms with E-state index in [4.69, 9.17) is 5.84 Å². The van der Waals surface area contributed by atoms with E-state index in [1.165, 1.54) is 6.39 Å². The molecule has 0 unspecified atom stereocenters. The van der Waals surface area contributed by atoms with Gasteiger partial charge in [0.2, 0.25) is 12.3 Å². The number of nitrogens with zero attached hydrogens (tertiary/aromatic N) is 5. The first-order valence-electron chi connectivity index (χ1n) is 5.03. The predicted octanol–water partition coefficient (Wildman–Crippen LogP) is -0.366. The number of anilines is 2. The van der Waals surface area contributed by atoms with Crippen molar-refractivity contribution in [1.29, 1.82) is 0 Å². The molecule has 0 saturated carbocycles. The van der Waals surface area contributed by atoms with Crippen LogP contribution in [0.4, 0.5) is 11.8 Å². The van der Waals surface area contributed by atoms with Gasteiger partial charge in [-0.3, -0.25) is 10.5 Å². The van der Waals surface area contributed by atoms with Crippen molar-refractivity contribution < 1.29 is 4.52 Å². The summed E-state index contributed by atoms with van der Waals surface area (Å²) in [6, 6.07) is 0. The second-order valence-corrected chi connectivity index (χ2v) is 3.37. The van der Waals surface area contributed by atoms with Crippen molar-refractivity contribution in [3.63, 3.8) is 0 Å². The molecule has 3 heterocycles. The van der Waals surface area contributed by atoms with Gasteiger partial charge in [0, 0.05) is 0 Å². The molecule has 0 saturated heterocycles. The van der Waals surface area contributed by atoms with Gasteiger partial charge in [-0.05, 0) is 0 Å². The van der Waals surface area contributed by atoms with E-state index in [9.17, 15) is 0 Å². The Kier molecular flexibility index (Phi) is 2.46. The van der Waals surface area contributed by atoms with Gasteiger partial charge in [-0.2, -0.15) is 20.1 Å². The molecule has 3 aromatic heterocycles. The van der Waals surface area contributed by atoms with Crippen molar-refractivity contribution in [2.45, 2.75) is 6.54 Å². The van der Waals surface area contributed by atoms with Crippen LogP contribution >= 0.6 is 0 Å². The van der Waals surface area contributed by atoms with Crippen LogP contribution in [0.2, 0.25) is 0 Å². The highest BCUT2D eigenvalue weighted by Gasteiger charge is 2.09. The van der Waals surface area contributed by atoms with E-state index in [1.807, 2.05) is 0 Å². The maximum absolute atomic E-state index is 5.29. The molecular weight excluding hydrogens is 238 g/mol. The van der Waals surface area contributed by atoms with Gasteiger partial charge < -0.3 is 9.84 Å². The van der Waals surface area contributed by atoms with Crippen LogP contribution in [-0.2, 0) is 6.54 Å². The Morgan fingerprint density at radius 1 is 1.39 bits per heavy atom. The minimum atomic E-state index is 0.280. The number of nitrogen functional groups attached to an aromatic ring is 1. The van der Waals surface area contributed by atoms with E-state index >= 15 is 0 Å². The molecule has 0 aromatic carbocycles. The lowest BCUT2D eigenvalue weighted by Gasteiger charge is -2.05. The van der Waals surface area contributed by atoms with E-state index < -0.39 is 0 Å². The zero-order valence-corrected chi connectivity index (χ0v) is 9.08. The molecular formula is C8H9N9O. The Labute approximate surface area is 100.0 Å². The third-order valence-electron chi connectivity index (χ3n) is 2.26. The number of aromatic amines is 1. The molecule has 10 nitrogen and oxygen atoms in total. The molecule has 0 amide bonds. The summed E-state index contributed by atoms with van der Waals surface area (Å²) < 4.78 is 4.64. The van der Waals surface area contributed by atoms with Crippen LogP contribution in [0.3, 0.4) is 0 Å². The second-order valence-electron chi connectivity index (χ2n) is 3.37. The minimum Gasteiger partial charge on any atom is -0.362 e. The fourth-order valence-electron chi connectivity index (χ4n) is 1.47. The van der Waals surface area contributed by atoms with Crippen molar-refractivity contribution in [2.24, 2.45) is 5.84 Å². The van der Waals surface area contributed by atoms with Gasteiger partial charge in [-0.25, -0.2) is 5.84 Å². The van der Waals surface area contributed by atoms with E-state index in [0.717, 1.165) is 5.39 Å². The highest BCUT2D eigenvalue weighted by molar-refractivity contribution is 5.86. The van der Waals surface area contributed by atoms with Gasteiger partial charge in [0.1, 0.15) is 5.82 Å². The number of nitrogens with two attached hydrogens (primary N) is 1. The number of hydrogen-bond acceptors (Lipinski definition) is 9. The van der Waals surface area contributed by atoms with Crippen LogP contribution in [-0.4, -0.2) is 30.3 Å². The SMILES string of the molecule is NNc1nc(NCc2ncon2)c2cn[nH]c2n1. The van der Waals surface area contributed by atoms with E-state index in [0.29, 0.717) is 23.8 Å². The molecule has 0 aliphatic heterocycles. The van der Waals surface area contributed by atoms with E-state index in [1.54, 1.807) is 6.20 Å². The number of fused-ring (bicyclic) bond motifs is 1. The van der Waals surface area contributed by atoms with Gasteiger partial charge in [0.25, 0.3) is 0 Å². The average Bonchev–Trinajstić information content (AvgIpc) is 3.06. The van der Waals surface area contributed by atoms with Crippen LogP contribution in [0.5, 0.6) is 0 Å². The number of hydrazine groups is 1. The van der Waals surface area contributed by atoms with Crippen LogP contribution in [0.1, 0.15) is 5.82 Å². The number of H-pyrrole nitrogens is 1. The standard InChI is InChI=1S/C8H9N9O/c9-15-8-13-6(4-1-12-16-7(4)14-8)10-2-5-11-3-18-17-5/h1,3H,2,9H2,(H3,10,12,13,14,15,16). The fourth-order valence-corrected chi connectivity index (χ4v) is 1.47. The molecule has 0 fully saturated rings. The summed E-state index contributed by atoms with van der Waals surface area (Å²) in [5.41, 5.74) is 2.96. The molecule has 3 aromatic rings. The third kappa shape index (κ3) is 1.80. The summed E-state index contributed by atoms with van der Waals surface area (Å²) >= 11 is 0. The normalized spacial score (nSPS) is 10.7. The van der Waals surface area contributed by atoms with Gasteiger partial charge in [0.05, 0.1) is 18.1 Å². The van der Waals surface area contributed by atoms with Crippen LogP contribution in [0, 0.1) is 0 Å². The Hall–Kier alpha value is -2.75. The van der Waals surface area contributed by atoms with Crippen molar-refractivity contribution >= 4 is 22.8 Å². The molecule has 0 atom stereocenters. The van der Waals surface area contributed by atoms with Crippen molar-refractivity contribution in [3.8, 4) is 0 Å². The smallest absolute Gasteiger partial charge is 0.241 e. The number of rotatable bonds is 4. The topological polar surface area (TPSA) is 143 Å². The first kappa shape index (κ1) is 10.4. The lowest BCUT2D eigenvalue weighted by atomic mass is 10.4. The molecule has 10 heteroatoms. The van der Waals surface area contributed by atoms with Crippen LogP contribution in [0.25, 0.3) is 11.0 Å². The van der Waals surface area contributed by atoms with Crippen molar-refractivity contribution in [3.05, 3.63) is 18.4 Å². The Morgan fingerprint density at radius 2 is 2.33 bits per heavy atom. The van der Waals surface area contributed by atoms with Crippen LogP contribution in [0.15, 0.2) is 17.1 Å². The van der Waals surface area contributed by atoms with Gasteiger partial charge in [0.15, 0.2) is 11.5 Å². The van der Waals surface area contributed by atoms with Crippen LogP contribution < -0.4 is 16.6 Å². The van der Waals surface area contributed by atoms with Gasteiger partial charge >= 0.3 is 0 Å². The molecule has 92 valence electrons. The zero-order chi connectivity index (χ0) is 12.4. The van der Waals surface area contributed by atoms with Gasteiger partial charge in [-0.15, -0.1) is 0 Å². The first-order valence-corrected chi connectivity index (χ1v) is 5.03. The third-order valence-corrected chi connectivity index (χ3v) is 2.26. The molecule has 0 spiro atoms. The summed E-state index contributed by atoms with van der Waals surface area (Å²) in [5, 5.41) is 14.1. The fraction of sp³-hybridized carbons (Fsp3) is 0.125. The van der Waals surface area contributed by atoms with E-state index in [2.05, 4.69) is 45.6 Å². The number of hydrogen-bond donors (Lipinski definition) is 4. The van der Waals surface area contributed by atoms with Gasteiger partial charge in [-0.1, -0.05) is 5.16 Å². The maximum atomic E-state index is 5.29. The highest BCUT2D eigenvalue weighted by atomic mass is 16.5. The summed E-state index contributed by atoms with van der Waals surface area (Å²) in [6.45, 7) is 0.373. The summed E-state index contributed by atoms with van der Waals surface area (Å²) in [6.07, 6.45) is 2.88. The molecule has 0 aliphatic rings. The Morgan fingerprint density at radius 3 is 3.11 bits per heavy atom.